The SMILES string of the molecule is COBNC1CCC(N(CC2CC(OC)(OC)C2)C(=O)C2CN(C)C=N2)CC1. The second-order valence-electron chi connectivity index (χ2n) is 8.45. The molecule has 1 N–H and O–H groups in total. The number of aliphatic imine (C=N–C) groups is 1. The number of carbonyl (C=O) groups is 1. The fourth-order valence-electron chi connectivity index (χ4n) is 4.75. The first kappa shape index (κ1) is 21.6. The minimum absolute atomic E-state index is 0.168. The van der Waals surface area contributed by atoms with E-state index in [0.717, 1.165) is 45.1 Å². The number of likely N-dealkylation sites (N-methyl/N-ethyl adjacent to an activating group) is 1. The van der Waals surface area contributed by atoms with E-state index in [0.29, 0.717) is 26.1 Å². The van der Waals surface area contributed by atoms with Crippen LogP contribution in [0.25, 0.3) is 0 Å². The van der Waals surface area contributed by atoms with Crippen molar-refractivity contribution >= 4 is 19.9 Å². The predicted octanol–water partition coefficient (Wildman–Crippen LogP) is 0.370. The van der Waals surface area contributed by atoms with Crippen LogP contribution in [0.2, 0.25) is 0 Å². The lowest BCUT2D eigenvalue weighted by molar-refractivity contribution is -0.271. The number of hydrogen-bond donors (Lipinski definition) is 1. The minimum atomic E-state index is -0.465. The highest BCUT2D eigenvalue weighted by molar-refractivity contribution is 6.23. The second-order valence-corrected chi connectivity index (χ2v) is 8.45. The highest BCUT2D eigenvalue weighted by atomic mass is 16.7. The molecule has 2 aliphatic carbocycles. The summed E-state index contributed by atoms with van der Waals surface area (Å²) >= 11 is 0. The van der Waals surface area contributed by atoms with Gasteiger partial charge in [-0.1, -0.05) is 0 Å². The normalized spacial score (nSPS) is 29.6. The Morgan fingerprint density at radius 3 is 2.46 bits per heavy atom. The van der Waals surface area contributed by atoms with Gasteiger partial charge in [0.25, 0.3) is 0 Å². The predicted molar refractivity (Wildman–Crippen MR) is 109 cm³/mol. The van der Waals surface area contributed by atoms with Gasteiger partial charge in [0.2, 0.25) is 5.91 Å². The number of hydrogen-bond acceptors (Lipinski definition) is 7. The number of carbonyl (C=O) groups excluding carboxylic acids is 1. The molecule has 0 bridgehead atoms. The standard InChI is InChI=1S/C19H35BN4O4/c1-23-12-17(21-13-23)18(25)24(11-14-9-19(10-14,26-2)27-3)16-7-5-15(6-8-16)22-20-28-4/h13-17,20,22H,5-12H2,1-4H3. The maximum atomic E-state index is 13.3. The van der Waals surface area contributed by atoms with Crippen LogP contribution in [0, 0.1) is 5.92 Å². The van der Waals surface area contributed by atoms with Crippen molar-refractivity contribution in [3.05, 3.63) is 0 Å². The van der Waals surface area contributed by atoms with Gasteiger partial charge in [-0.15, -0.1) is 0 Å². The number of amides is 1. The topological polar surface area (TPSA) is 75.6 Å². The van der Waals surface area contributed by atoms with E-state index >= 15 is 0 Å². The van der Waals surface area contributed by atoms with Crippen molar-refractivity contribution in [1.29, 1.82) is 0 Å². The number of nitrogens with one attached hydrogen (secondary N) is 1. The fourth-order valence-corrected chi connectivity index (χ4v) is 4.75. The molecule has 1 aliphatic heterocycles. The van der Waals surface area contributed by atoms with Gasteiger partial charge in [0.15, 0.2) is 5.79 Å². The van der Waals surface area contributed by atoms with Crippen molar-refractivity contribution < 1.29 is 18.9 Å². The average Bonchev–Trinajstić information content (AvgIpc) is 3.12. The summed E-state index contributed by atoms with van der Waals surface area (Å²) in [6.45, 7) is 1.44. The Morgan fingerprint density at radius 2 is 1.93 bits per heavy atom. The Kier molecular flexibility index (Phi) is 7.36. The third-order valence-corrected chi connectivity index (χ3v) is 6.52. The van der Waals surface area contributed by atoms with Crippen LogP contribution in [0.4, 0.5) is 0 Å². The van der Waals surface area contributed by atoms with Crippen molar-refractivity contribution in [3.8, 4) is 0 Å². The van der Waals surface area contributed by atoms with E-state index in [9.17, 15) is 4.79 Å². The largest absolute Gasteiger partial charge is 0.427 e. The van der Waals surface area contributed by atoms with E-state index in [4.69, 9.17) is 14.1 Å². The molecular formula is C19H35BN4O4. The first-order valence-corrected chi connectivity index (χ1v) is 10.4. The van der Waals surface area contributed by atoms with Crippen LogP contribution >= 0.6 is 0 Å². The zero-order valence-corrected chi connectivity index (χ0v) is 17.7. The molecule has 2 saturated carbocycles. The van der Waals surface area contributed by atoms with Gasteiger partial charge in [-0.3, -0.25) is 9.79 Å². The molecule has 2 fully saturated rings. The second kappa shape index (κ2) is 9.56. The summed E-state index contributed by atoms with van der Waals surface area (Å²) in [5.74, 6) is 0.116. The highest BCUT2D eigenvalue weighted by Gasteiger charge is 2.47. The summed E-state index contributed by atoms with van der Waals surface area (Å²) in [6.07, 6.45) is 7.62. The third kappa shape index (κ3) is 4.87. The Morgan fingerprint density at radius 1 is 1.25 bits per heavy atom. The molecule has 0 radical (unpaired) electrons. The van der Waals surface area contributed by atoms with Crippen LogP contribution in [-0.2, 0) is 18.9 Å². The monoisotopic (exact) mass is 394 g/mol. The van der Waals surface area contributed by atoms with E-state index in [2.05, 4.69) is 15.1 Å². The van der Waals surface area contributed by atoms with Crippen molar-refractivity contribution in [2.45, 2.75) is 62.4 Å². The molecular weight excluding hydrogens is 359 g/mol. The van der Waals surface area contributed by atoms with Crippen molar-refractivity contribution in [3.63, 3.8) is 0 Å². The average molecular weight is 394 g/mol. The van der Waals surface area contributed by atoms with Crippen LogP contribution in [-0.4, -0.2) is 95.0 Å². The molecule has 3 rings (SSSR count). The molecule has 1 heterocycles. The van der Waals surface area contributed by atoms with Crippen LogP contribution in [0.3, 0.4) is 0 Å². The van der Waals surface area contributed by atoms with Crippen LogP contribution in [0.5, 0.6) is 0 Å². The molecule has 3 aliphatic rings. The van der Waals surface area contributed by atoms with Crippen LogP contribution < -0.4 is 5.23 Å². The molecule has 1 atom stereocenters. The zero-order valence-electron chi connectivity index (χ0n) is 17.7. The number of rotatable bonds is 9. The molecule has 158 valence electrons. The van der Waals surface area contributed by atoms with Crippen LogP contribution in [0.15, 0.2) is 4.99 Å². The molecule has 0 aromatic rings. The summed E-state index contributed by atoms with van der Waals surface area (Å²) in [6, 6.07) is 0.487. The Labute approximate surface area is 169 Å². The van der Waals surface area contributed by atoms with E-state index in [1.807, 2.05) is 11.9 Å². The summed E-state index contributed by atoms with van der Waals surface area (Å²) in [4.78, 5) is 21.8. The number of nitrogens with zero attached hydrogens (tertiary/aromatic N) is 3. The van der Waals surface area contributed by atoms with Gasteiger partial charge in [-0.2, -0.15) is 0 Å². The van der Waals surface area contributed by atoms with Gasteiger partial charge in [-0.25, -0.2) is 0 Å². The molecule has 0 aromatic carbocycles. The van der Waals surface area contributed by atoms with Crippen LogP contribution in [0.1, 0.15) is 38.5 Å². The van der Waals surface area contributed by atoms with E-state index in [-0.39, 0.29) is 18.0 Å². The lowest BCUT2D eigenvalue weighted by Crippen LogP contribution is -2.55. The molecule has 1 amide bonds. The first-order valence-electron chi connectivity index (χ1n) is 10.4. The van der Waals surface area contributed by atoms with Gasteiger partial charge in [0, 0.05) is 60.4 Å². The summed E-state index contributed by atoms with van der Waals surface area (Å²) in [5.41, 5.74) is 0. The van der Waals surface area contributed by atoms with Gasteiger partial charge < -0.3 is 29.2 Å². The molecule has 1 unspecified atom stereocenters. The molecule has 28 heavy (non-hydrogen) atoms. The molecule has 0 saturated heterocycles. The molecule has 0 spiro atoms. The Balaban J connectivity index is 1.61. The van der Waals surface area contributed by atoms with Gasteiger partial charge in [-0.05, 0) is 37.6 Å². The fraction of sp³-hybridized carbons (Fsp3) is 0.895. The lowest BCUT2D eigenvalue weighted by atomic mass is 9.77. The molecule has 0 aromatic heterocycles. The van der Waals surface area contributed by atoms with E-state index in [1.165, 1.54) is 0 Å². The molecule has 8 nitrogen and oxygen atoms in total. The Bertz CT molecular complexity index is 544. The quantitative estimate of drug-likeness (QED) is 0.450. The van der Waals surface area contributed by atoms with Crippen molar-refractivity contribution in [1.82, 2.24) is 15.0 Å². The summed E-state index contributed by atoms with van der Waals surface area (Å²) < 4.78 is 16.2. The number of methoxy groups -OCH3 is 2. The van der Waals surface area contributed by atoms with E-state index < -0.39 is 5.79 Å². The third-order valence-electron chi connectivity index (χ3n) is 6.52. The van der Waals surface area contributed by atoms with E-state index in [1.54, 1.807) is 27.7 Å². The van der Waals surface area contributed by atoms with Gasteiger partial charge in [0.1, 0.15) is 6.04 Å². The lowest BCUT2D eigenvalue weighted by Gasteiger charge is -2.48. The smallest absolute Gasteiger partial charge is 0.360 e. The van der Waals surface area contributed by atoms with Gasteiger partial charge in [0.05, 0.1) is 6.34 Å². The first-order chi connectivity index (χ1) is 13.5. The minimum Gasteiger partial charge on any atom is -0.427 e. The summed E-state index contributed by atoms with van der Waals surface area (Å²) in [7, 11) is 7.64. The zero-order chi connectivity index (χ0) is 20.1. The highest BCUT2D eigenvalue weighted by Crippen LogP contribution is 2.42. The molecule has 9 heteroatoms. The maximum absolute atomic E-state index is 13.3. The van der Waals surface area contributed by atoms with Gasteiger partial charge >= 0.3 is 7.62 Å². The maximum Gasteiger partial charge on any atom is 0.360 e. The van der Waals surface area contributed by atoms with Crippen molar-refractivity contribution in [2.75, 3.05) is 41.5 Å². The number of ether oxygens (including phenoxy) is 2. The summed E-state index contributed by atoms with van der Waals surface area (Å²) in [5, 5.41) is 3.42. The van der Waals surface area contributed by atoms with Crippen molar-refractivity contribution in [2.24, 2.45) is 10.9 Å². The Hall–Kier alpha value is -1.16.